The van der Waals surface area contributed by atoms with Crippen molar-refractivity contribution >= 4 is 35.8 Å². The lowest BCUT2D eigenvalue weighted by atomic mass is 10.1. The first kappa shape index (κ1) is 21.7. The molecular formula is C18H28FIN4O. The van der Waals surface area contributed by atoms with E-state index < -0.39 is 0 Å². The zero-order valence-corrected chi connectivity index (χ0v) is 17.5. The molecule has 0 bridgehead atoms. The highest BCUT2D eigenvalue weighted by atomic mass is 127. The molecule has 140 valence electrons. The lowest BCUT2D eigenvalue weighted by molar-refractivity contribution is -0.130. The molecule has 1 aliphatic rings. The lowest BCUT2D eigenvalue weighted by Gasteiger charge is -2.27. The van der Waals surface area contributed by atoms with E-state index in [1.165, 1.54) is 12.5 Å². The number of benzene rings is 1. The van der Waals surface area contributed by atoms with Crippen LogP contribution in [0.2, 0.25) is 0 Å². The quantitative estimate of drug-likeness (QED) is 0.411. The van der Waals surface area contributed by atoms with E-state index in [2.05, 4.69) is 15.6 Å². The van der Waals surface area contributed by atoms with Crippen LogP contribution in [0.25, 0.3) is 0 Å². The fourth-order valence-corrected chi connectivity index (χ4v) is 2.78. The molecular weight excluding hydrogens is 434 g/mol. The first-order valence-electron chi connectivity index (χ1n) is 8.52. The maximum Gasteiger partial charge on any atom is 0.241 e. The fourth-order valence-electron chi connectivity index (χ4n) is 2.78. The second-order valence-corrected chi connectivity index (χ2v) is 6.24. The maximum absolute atomic E-state index is 13.7. The molecule has 1 aliphatic heterocycles. The number of hydrogen-bond donors (Lipinski definition) is 2. The standard InChI is InChI=1S/C18H27FN4O.HI/c1-13-7-8-15(11-16(13)19)14(2)22-18(20-3)21-12-17(24)23-9-5-4-6-10-23;/h7-8,11,14H,4-6,9-10,12H2,1-3H3,(H2,20,21,22);1H. The van der Waals surface area contributed by atoms with Gasteiger partial charge in [-0.1, -0.05) is 12.1 Å². The Bertz CT molecular complexity index is 603. The number of carbonyl (C=O) groups is 1. The van der Waals surface area contributed by atoms with Crippen molar-refractivity contribution in [3.8, 4) is 0 Å². The SMILES string of the molecule is CN=C(NCC(=O)N1CCCCC1)NC(C)c1ccc(C)c(F)c1.I. The summed E-state index contributed by atoms with van der Waals surface area (Å²) in [4.78, 5) is 18.2. The van der Waals surface area contributed by atoms with Crippen molar-refractivity contribution in [2.24, 2.45) is 4.99 Å². The van der Waals surface area contributed by atoms with E-state index in [4.69, 9.17) is 0 Å². The Hall–Kier alpha value is -1.38. The summed E-state index contributed by atoms with van der Waals surface area (Å²) in [6, 6.07) is 5.07. The number of carbonyl (C=O) groups excluding carboxylic acids is 1. The van der Waals surface area contributed by atoms with Crippen LogP contribution in [0.5, 0.6) is 0 Å². The molecule has 1 atom stereocenters. The van der Waals surface area contributed by atoms with E-state index in [9.17, 15) is 9.18 Å². The largest absolute Gasteiger partial charge is 0.350 e. The lowest BCUT2D eigenvalue weighted by Crippen LogP contribution is -2.46. The van der Waals surface area contributed by atoms with Crippen LogP contribution in [0, 0.1) is 12.7 Å². The number of piperidine rings is 1. The molecule has 0 radical (unpaired) electrons. The minimum Gasteiger partial charge on any atom is -0.350 e. The molecule has 1 amide bonds. The molecule has 0 aliphatic carbocycles. The highest BCUT2D eigenvalue weighted by Gasteiger charge is 2.17. The van der Waals surface area contributed by atoms with Gasteiger partial charge in [-0.15, -0.1) is 24.0 Å². The first-order chi connectivity index (χ1) is 11.5. The van der Waals surface area contributed by atoms with Crippen LogP contribution in [0.3, 0.4) is 0 Å². The summed E-state index contributed by atoms with van der Waals surface area (Å²) in [6.45, 7) is 5.57. The number of guanidine groups is 1. The molecule has 2 N–H and O–H groups in total. The van der Waals surface area contributed by atoms with Gasteiger partial charge in [0, 0.05) is 20.1 Å². The van der Waals surface area contributed by atoms with Crippen molar-refractivity contribution in [2.75, 3.05) is 26.7 Å². The summed E-state index contributed by atoms with van der Waals surface area (Å²) in [5, 5.41) is 6.24. The summed E-state index contributed by atoms with van der Waals surface area (Å²) in [5.74, 6) is 0.407. The molecule has 0 saturated carbocycles. The van der Waals surface area contributed by atoms with E-state index in [1.54, 1.807) is 20.0 Å². The van der Waals surface area contributed by atoms with Crippen molar-refractivity contribution in [1.82, 2.24) is 15.5 Å². The summed E-state index contributed by atoms with van der Waals surface area (Å²) in [6.07, 6.45) is 3.36. The summed E-state index contributed by atoms with van der Waals surface area (Å²) < 4.78 is 13.7. The third kappa shape index (κ3) is 6.45. The fraction of sp³-hybridized carbons (Fsp3) is 0.556. The van der Waals surface area contributed by atoms with Crippen molar-refractivity contribution in [3.63, 3.8) is 0 Å². The van der Waals surface area contributed by atoms with Crippen LogP contribution < -0.4 is 10.6 Å². The number of aliphatic imine (C=N–C) groups is 1. The summed E-state index contributed by atoms with van der Waals surface area (Å²) >= 11 is 0. The number of hydrogen-bond acceptors (Lipinski definition) is 2. The maximum atomic E-state index is 13.7. The zero-order valence-electron chi connectivity index (χ0n) is 15.1. The highest BCUT2D eigenvalue weighted by molar-refractivity contribution is 14.0. The number of nitrogens with zero attached hydrogens (tertiary/aromatic N) is 2. The van der Waals surface area contributed by atoms with Crippen LogP contribution in [-0.4, -0.2) is 43.4 Å². The van der Waals surface area contributed by atoms with Gasteiger partial charge in [-0.2, -0.15) is 0 Å². The average Bonchev–Trinajstić information content (AvgIpc) is 2.61. The summed E-state index contributed by atoms with van der Waals surface area (Å²) in [7, 11) is 1.66. The van der Waals surface area contributed by atoms with Gasteiger partial charge in [0.15, 0.2) is 5.96 Å². The van der Waals surface area contributed by atoms with E-state index in [-0.39, 0.29) is 48.3 Å². The Balaban J connectivity index is 0.00000312. The molecule has 1 fully saturated rings. The number of nitrogens with one attached hydrogen (secondary N) is 2. The zero-order chi connectivity index (χ0) is 17.5. The van der Waals surface area contributed by atoms with Crippen molar-refractivity contribution in [1.29, 1.82) is 0 Å². The molecule has 1 saturated heterocycles. The average molecular weight is 462 g/mol. The van der Waals surface area contributed by atoms with Gasteiger partial charge in [0.1, 0.15) is 5.82 Å². The van der Waals surface area contributed by atoms with Crippen LogP contribution in [0.4, 0.5) is 4.39 Å². The molecule has 1 aromatic rings. The van der Waals surface area contributed by atoms with E-state index >= 15 is 0 Å². The molecule has 5 nitrogen and oxygen atoms in total. The normalized spacial score (nSPS) is 16.0. The van der Waals surface area contributed by atoms with Gasteiger partial charge >= 0.3 is 0 Å². The monoisotopic (exact) mass is 462 g/mol. The third-order valence-electron chi connectivity index (χ3n) is 4.39. The van der Waals surface area contributed by atoms with Gasteiger partial charge in [-0.05, 0) is 50.3 Å². The molecule has 7 heteroatoms. The van der Waals surface area contributed by atoms with Gasteiger partial charge in [0.05, 0.1) is 12.6 Å². The molecule has 1 unspecified atom stereocenters. The van der Waals surface area contributed by atoms with E-state index in [0.717, 1.165) is 31.5 Å². The Kier molecular flexibility index (Phi) is 9.16. The van der Waals surface area contributed by atoms with E-state index in [0.29, 0.717) is 11.5 Å². The minimum absolute atomic E-state index is 0. The van der Waals surface area contributed by atoms with E-state index in [1.807, 2.05) is 17.9 Å². The van der Waals surface area contributed by atoms with Crippen molar-refractivity contribution in [2.45, 2.75) is 39.2 Å². The van der Waals surface area contributed by atoms with Gasteiger partial charge in [-0.3, -0.25) is 9.79 Å². The van der Waals surface area contributed by atoms with Crippen LogP contribution in [0.1, 0.15) is 43.4 Å². The highest BCUT2D eigenvalue weighted by Crippen LogP contribution is 2.16. The smallest absolute Gasteiger partial charge is 0.241 e. The molecule has 0 aromatic heterocycles. The number of likely N-dealkylation sites (tertiary alicyclic amines) is 1. The van der Waals surface area contributed by atoms with Crippen LogP contribution in [-0.2, 0) is 4.79 Å². The van der Waals surface area contributed by atoms with Crippen LogP contribution >= 0.6 is 24.0 Å². The molecule has 1 aromatic carbocycles. The Morgan fingerprint density at radius 2 is 2.00 bits per heavy atom. The predicted octanol–water partition coefficient (Wildman–Crippen LogP) is 2.99. The number of halogens is 2. The second kappa shape index (κ2) is 10.6. The van der Waals surface area contributed by atoms with Crippen molar-refractivity contribution in [3.05, 3.63) is 35.1 Å². The van der Waals surface area contributed by atoms with Gasteiger partial charge < -0.3 is 15.5 Å². The minimum atomic E-state index is -0.218. The number of aryl methyl sites for hydroxylation is 1. The Labute approximate surface area is 166 Å². The second-order valence-electron chi connectivity index (χ2n) is 6.24. The van der Waals surface area contributed by atoms with Gasteiger partial charge in [-0.25, -0.2) is 4.39 Å². The Morgan fingerprint density at radius 1 is 1.32 bits per heavy atom. The summed E-state index contributed by atoms with van der Waals surface area (Å²) in [5.41, 5.74) is 1.46. The molecule has 2 rings (SSSR count). The van der Waals surface area contributed by atoms with Crippen LogP contribution in [0.15, 0.2) is 23.2 Å². The third-order valence-corrected chi connectivity index (χ3v) is 4.39. The predicted molar refractivity (Wildman–Crippen MR) is 110 cm³/mol. The van der Waals surface area contributed by atoms with Crippen molar-refractivity contribution < 1.29 is 9.18 Å². The van der Waals surface area contributed by atoms with Gasteiger partial charge in [0.25, 0.3) is 0 Å². The van der Waals surface area contributed by atoms with Gasteiger partial charge in [0.2, 0.25) is 5.91 Å². The molecule has 25 heavy (non-hydrogen) atoms. The topological polar surface area (TPSA) is 56.7 Å². The first-order valence-corrected chi connectivity index (χ1v) is 8.52. The number of amides is 1. The molecule has 0 spiro atoms. The Morgan fingerprint density at radius 3 is 2.60 bits per heavy atom. The molecule has 1 heterocycles. The number of rotatable bonds is 4.